The zero-order valence-electron chi connectivity index (χ0n) is 7.86. The predicted molar refractivity (Wildman–Crippen MR) is 53.9 cm³/mol. The lowest BCUT2D eigenvalue weighted by molar-refractivity contribution is 0.112. The largest absolute Gasteiger partial charge is 0.330 e. The van der Waals surface area contributed by atoms with Crippen LogP contribution >= 0.6 is 0 Å². The molecule has 0 aliphatic carbocycles. The summed E-state index contributed by atoms with van der Waals surface area (Å²) in [5, 5.41) is 0. The average molecular weight is 177 g/mol. The van der Waals surface area contributed by atoms with Gasteiger partial charge in [-0.3, -0.25) is 4.79 Å². The van der Waals surface area contributed by atoms with Crippen LogP contribution < -0.4 is 5.73 Å². The highest BCUT2D eigenvalue weighted by molar-refractivity contribution is 5.74. The van der Waals surface area contributed by atoms with Crippen LogP contribution in [0.2, 0.25) is 0 Å². The Morgan fingerprint density at radius 1 is 1.38 bits per heavy atom. The first kappa shape index (κ1) is 9.93. The van der Waals surface area contributed by atoms with E-state index in [2.05, 4.69) is 6.92 Å². The summed E-state index contributed by atoms with van der Waals surface area (Å²) in [5.41, 5.74) is 7.55. The molecule has 0 radical (unpaired) electrons. The number of carbonyl (C=O) groups excluding carboxylic acids is 1. The van der Waals surface area contributed by atoms with Gasteiger partial charge in [0.05, 0.1) is 0 Å². The molecule has 2 heteroatoms. The maximum absolute atomic E-state index is 10.4. The maximum atomic E-state index is 10.4. The van der Waals surface area contributed by atoms with Crippen molar-refractivity contribution in [3.63, 3.8) is 0 Å². The number of hydrogen-bond donors (Lipinski definition) is 1. The Hall–Kier alpha value is -1.15. The van der Waals surface area contributed by atoms with Gasteiger partial charge in [-0.15, -0.1) is 0 Å². The Morgan fingerprint density at radius 3 is 2.38 bits per heavy atom. The summed E-state index contributed by atoms with van der Waals surface area (Å²) in [5.74, 6) is 0.417. The van der Waals surface area contributed by atoms with Gasteiger partial charge in [0.2, 0.25) is 0 Å². The molecule has 0 aliphatic heterocycles. The highest BCUT2D eigenvalue weighted by atomic mass is 16.1. The standard InChI is InChI=1S/C11H15NO/c1-2-10(7-12)11-5-3-9(8-13)4-6-11/h3-6,8,10H,2,7,12H2,1H3. The molecule has 1 atom stereocenters. The van der Waals surface area contributed by atoms with E-state index in [-0.39, 0.29) is 0 Å². The number of benzene rings is 1. The monoisotopic (exact) mass is 177 g/mol. The van der Waals surface area contributed by atoms with Gasteiger partial charge in [0, 0.05) is 5.56 Å². The van der Waals surface area contributed by atoms with Gasteiger partial charge in [-0.1, -0.05) is 31.2 Å². The van der Waals surface area contributed by atoms with Crippen LogP contribution in [0.5, 0.6) is 0 Å². The quantitative estimate of drug-likeness (QED) is 0.714. The summed E-state index contributed by atoms with van der Waals surface area (Å²) >= 11 is 0. The Kier molecular flexibility index (Phi) is 3.65. The van der Waals surface area contributed by atoms with Crippen LogP contribution in [0.4, 0.5) is 0 Å². The topological polar surface area (TPSA) is 43.1 Å². The van der Waals surface area contributed by atoms with Gasteiger partial charge in [-0.25, -0.2) is 0 Å². The molecule has 70 valence electrons. The third-order valence-electron chi connectivity index (χ3n) is 2.32. The van der Waals surface area contributed by atoms with Gasteiger partial charge in [-0.05, 0) is 24.4 Å². The van der Waals surface area contributed by atoms with Gasteiger partial charge in [-0.2, -0.15) is 0 Å². The van der Waals surface area contributed by atoms with E-state index in [0.717, 1.165) is 18.3 Å². The molecule has 0 aliphatic rings. The van der Waals surface area contributed by atoms with E-state index in [0.29, 0.717) is 12.5 Å². The van der Waals surface area contributed by atoms with Gasteiger partial charge < -0.3 is 5.73 Å². The molecule has 1 unspecified atom stereocenters. The zero-order valence-corrected chi connectivity index (χ0v) is 7.86. The number of nitrogens with two attached hydrogens (primary N) is 1. The fraction of sp³-hybridized carbons (Fsp3) is 0.364. The van der Waals surface area contributed by atoms with Crippen LogP contribution in [0.1, 0.15) is 35.2 Å². The van der Waals surface area contributed by atoms with Crippen LogP contribution in [-0.2, 0) is 0 Å². The van der Waals surface area contributed by atoms with Crippen LogP contribution in [0.15, 0.2) is 24.3 Å². The summed E-state index contributed by atoms with van der Waals surface area (Å²) in [6.45, 7) is 2.78. The summed E-state index contributed by atoms with van der Waals surface area (Å²) < 4.78 is 0. The lowest BCUT2D eigenvalue weighted by Crippen LogP contribution is -2.11. The Labute approximate surface area is 78.8 Å². The first-order valence-corrected chi connectivity index (χ1v) is 4.57. The van der Waals surface area contributed by atoms with Gasteiger partial charge >= 0.3 is 0 Å². The molecule has 0 aromatic heterocycles. The predicted octanol–water partition coefficient (Wildman–Crippen LogP) is 1.95. The molecule has 0 saturated heterocycles. The number of rotatable bonds is 4. The molecular formula is C11H15NO. The molecule has 1 rings (SSSR count). The molecular weight excluding hydrogens is 162 g/mol. The molecule has 0 heterocycles. The number of hydrogen-bond acceptors (Lipinski definition) is 2. The third kappa shape index (κ3) is 2.39. The van der Waals surface area contributed by atoms with E-state index in [1.807, 2.05) is 24.3 Å². The third-order valence-corrected chi connectivity index (χ3v) is 2.32. The van der Waals surface area contributed by atoms with Crippen molar-refractivity contribution in [1.29, 1.82) is 0 Å². The first-order valence-electron chi connectivity index (χ1n) is 4.57. The molecule has 2 N–H and O–H groups in total. The van der Waals surface area contributed by atoms with Crippen LogP contribution in [0, 0.1) is 0 Å². The fourth-order valence-corrected chi connectivity index (χ4v) is 1.39. The minimum absolute atomic E-state index is 0.417. The number of carbonyl (C=O) groups is 1. The molecule has 0 spiro atoms. The van der Waals surface area contributed by atoms with E-state index in [1.54, 1.807) is 0 Å². The smallest absolute Gasteiger partial charge is 0.150 e. The second-order valence-corrected chi connectivity index (χ2v) is 3.13. The lowest BCUT2D eigenvalue weighted by atomic mass is 9.96. The van der Waals surface area contributed by atoms with Crippen molar-refractivity contribution in [1.82, 2.24) is 0 Å². The molecule has 2 nitrogen and oxygen atoms in total. The zero-order chi connectivity index (χ0) is 9.68. The second kappa shape index (κ2) is 4.77. The van der Waals surface area contributed by atoms with Crippen molar-refractivity contribution >= 4 is 6.29 Å². The van der Waals surface area contributed by atoms with E-state index in [1.165, 1.54) is 5.56 Å². The lowest BCUT2D eigenvalue weighted by Gasteiger charge is -2.11. The number of aldehydes is 1. The van der Waals surface area contributed by atoms with E-state index in [9.17, 15) is 4.79 Å². The van der Waals surface area contributed by atoms with Crippen molar-refractivity contribution in [3.8, 4) is 0 Å². The summed E-state index contributed by atoms with van der Waals surface area (Å²) in [6.07, 6.45) is 1.89. The highest BCUT2D eigenvalue weighted by Crippen LogP contribution is 2.17. The van der Waals surface area contributed by atoms with E-state index >= 15 is 0 Å². The van der Waals surface area contributed by atoms with Gasteiger partial charge in [0.15, 0.2) is 0 Å². The molecule has 0 fully saturated rings. The molecule has 1 aromatic carbocycles. The Balaban J connectivity index is 2.83. The molecule has 1 aromatic rings. The van der Waals surface area contributed by atoms with Crippen LogP contribution in [0.25, 0.3) is 0 Å². The fourth-order valence-electron chi connectivity index (χ4n) is 1.39. The highest BCUT2D eigenvalue weighted by Gasteiger charge is 2.05. The second-order valence-electron chi connectivity index (χ2n) is 3.13. The van der Waals surface area contributed by atoms with Crippen molar-refractivity contribution in [2.75, 3.05) is 6.54 Å². The summed E-state index contributed by atoms with van der Waals surface area (Å²) in [6, 6.07) is 7.62. The summed E-state index contributed by atoms with van der Waals surface area (Å²) in [4.78, 5) is 10.4. The molecule has 0 saturated carbocycles. The molecule has 0 bridgehead atoms. The molecule has 0 amide bonds. The van der Waals surface area contributed by atoms with Crippen molar-refractivity contribution in [2.24, 2.45) is 5.73 Å². The normalized spacial score (nSPS) is 12.5. The van der Waals surface area contributed by atoms with Crippen LogP contribution in [0.3, 0.4) is 0 Å². The van der Waals surface area contributed by atoms with E-state index in [4.69, 9.17) is 5.73 Å². The Bertz CT molecular complexity index is 262. The maximum Gasteiger partial charge on any atom is 0.150 e. The minimum Gasteiger partial charge on any atom is -0.330 e. The Morgan fingerprint density at radius 2 is 2.00 bits per heavy atom. The SMILES string of the molecule is CCC(CN)c1ccc(C=O)cc1. The minimum atomic E-state index is 0.417. The van der Waals surface area contributed by atoms with Crippen molar-refractivity contribution in [3.05, 3.63) is 35.4 Å². The average Bonchev–Trinajstić information content (AvgIpc) is 2.21. The van der Waals surface area contributed by atoms with Gasteiger partial charge in [0.25, 0.3) is 0 Å². The van der Waals surface area contributed by atoms with Crippen LogP contribution in [-0.4, -0.2) is 12.8 Å². The first-order chi connectivity index (χ1) is 6.31. The summed E-state index contributed by atoms with van der Waals surface area (Å²) in [7, 11) is 0. The molecule has 13 heavy (non-hydrogen) atoms. The van der Waals surface area contributed by atoms with Gasteiger partial charge in [0.1, 0.15) is 6.29 Å². The van der Waals surface area contributed by atoms with Crippen molar-refractivity contribution < 1.29 is 4.79 Å². The van der Waals surface area contributed by atoms with Crippen molar-refractivity contribution in [2.45, 2.75) is 19.3 Å². The van der Waals surface area contributed by atoms with E-state index < -0.39 is 0 Å².